The number of rotatable bonds is 4. The maximum absolute atomic E-state index is 10.5. The van der Waals surface area contributed by atoms with Crippen molar-refractivity contribution in [3.63, 3.8) is 0 Å². The molecule has 1 aromatic rings. The smallest absolute Gasteiger partial charge is 0.251 e. The summed E-state index contributed by atoms with van der Waals surface area (Å²) in [7, 11) is 0. The van der Waals surface area contributed by atoms with E-state index < -0.39 is 6.10 Å². The van der Waals surface area contributed by atoms with Crippen LogP contribution in [0.3, 0.4) is 0 Å². The van der Waals surface area contributed by atoms with Gasteiger partial charge in [-0.15, -0.1) is 11.3 Å². The van der Waals surface area contributed by atoms with Crippen LogP contribution in [0.15, 0.2) is 41.7 Å². The highest BCUT2D eigenvalue weighted by molar-refractivity contribution is 7.09. The Balaban J connectivity index is 1.95. The standard InChI is InChI=1S/C11H9O3S/c12-7-11-10(4-1-5-13-11)14-8-9-3-2-6-15-9/h1-6,11H,8H2. The molecule has 2 rings (SSSR count). The Morgan fingerprint density at radius 1 is 1.60 bits per heavy atom. The van der Waals surface area contributed by atoms with Gasteiger partial charge in [0, 0.05) is 4.88 Å². The van der Waals surface area contributed by atoms with E-state index >= 15 is 0 Å². The van der Waals surface area contributed by atoms with Gasteiger partial charge in [-0.2, -0.15) is 0 Å². The van der Waals surface area contributed by atoms with Crippen LogP contribution in [-0.4, -0.2) is 12.4 Å². The van der Waals surface area contributed by atoms with Crippen molar-refractivity contribution in [2.45, 2.75) is 12.7 Å². The molecular formula is C11H9O3S. The molecule has 0 amide bonds. The molecule has 0 aromatic carbocycles. The van der Waals surface area contributed by atoms with Crippen molar-refractivity contribution in [3.05, 3.63) is 46.6 Å². The molecule has 1 aliphatic rings. The molecule has 15 heavy (non-hydrogen) atoms. The van der Waals surface area contributed by atoms with Crippen molar-refractivity contribution in [2.24, 2.45) is 0 Å². The molecule has 77 valence electrons. The van der Waals surface area contributed by atoms with E-state index in [1.54, 1.807) is 29.8 Å². The van der Waals surface area contributed by atoms with Gasteiger partial charge in [0.15, 0.2) is 0 Å². The second-order valence-electron chi connectivity index (χ2n) is 2.90. The zero-order valence-electron chi connectivity index (χ0n) is 7.88. The fourth-order valence-corrected chi connectivity index (χ4v) is 1.79. The molecule has 0 bridgehead atoms. The maximum Gasteiger partial charge on any atom is 0.251 e. The first-order valence-electron chi connectivity index (χ1n) is 4.45. The summed E-state index contributed by atoms with van der Waals surface area (Å²) < 4.78 is 10.5. The van der Waals surface area contributed by atoms with Crippen LogP contribution in [0.2, 0.25) is 0 Å². The Labute approximate surface area is 91.6 Å². The fraction of sp³-hybridized carbons (Fsp3) is 0.182. The first kappa shape index (κ1) is 9.98. The number of hydrogen-bond acceptors (Lipinski definition) is 4. The van der Waals surface area contributed by atoms with Crippen LogP contribution in [-0.2, 0) is 20.9 Å². The first-order valence-corrected chi connectivity index (χ1v) is 5.33. The lowest BCUT2D eigenvalue weighted by Crippen LogP contribution is -2.18. The minimum Gasteiger partial charge on any atom is -0.488 e. The minimum atomic E-state index is -0.727. The molecule has 0 N–H and O–H groups in total. The number of hydrogen-bond donors (Lipinski definition) is 0. The normalized spacial score (nSPS) is 19.2. The van der Waals surface area contributed by atoms with Crippen LogP contribution >= 0.6 is 11.3 Å². The Morgan fingerprint density at radius 3 is 3.27 bits per heavy atom. The highest BCUT2D eigenvalue weighted by atomic mass is 32.1. The number of ether oxygens (including phenoxy) is 2. The van der Waals surface area contributed by atoms with E-state index in [4.69, 9.17) is 9.47 Å². The summed E-state index contributed by atoms with van der Waals surface area (Å²) in [5.74, 6) is 0.501. The quantitative estimate of drug-likeness (QED) is 0.781. The molecule has 3 nitrogen and oxygen atoms in total. The van der Waals surface area contributed by atoms with Gasteiger partial charge in [-0.05, 0) is 23.6 Å². The van der Waals surface area contributed by atoms with Crippen LogP contribution in [0.1, 0.15) is 4.88 Å². The van der Waals surface area contributed by atoms with Crippen molar-refractivity contribution in [1.82, 2.24) is 0 Å². The van der Waals surface area contributed by atoms with Crippen molar-refractivity contribution in [1.29, 1.82) is 0 Å². The molecule has 1 radical (unpaired) electrons. The summed E-state index contributed by atoms with van der Waals surface area (Å²) in [5, 5.41) is 1.98. The summed E-state index contributed by atoms with van der Waals surface area (Å²) >= 11 is 1.61. The Hall–Kier alpha value is -1.55. The second-order valence-corrected chi connectivity index (χ2v) is 3.93. The third-order valence-electron chi connectivity index (χ3n) is 1.88. The van der Waals surface area contributed by atoms with E-state index in [-0.39, 0.29) is 0 Å². The Bertz CT molecular complexity index is 379. The van der Waals surface area contributed by atoms with Gasteiger partial charge in [-0.3, -0.25) is 4.79 Å². The lowest BCUT2D eigenvalue weighted by molar-refractivity contribution is 0.110. The van der Waals surface area contributed by atoms with Crippen LogP contribution in [0.4, 0.5) is 0 Å². The maximum atomic E-state index is 10.5. The average Bonchev–Trinajstić information content (AvgIpc) is 2.79. The predicted molar refractivity (Wildman–Crippen MR) is 56.9 cm³/mol. The predicted octanol–water partition coefficient (Wildman–Crippen LogP) is 2.17. The molecule has 4 heteroatoms. The fourth-order valence-electron chi connectivity index (χ4n) is 1.17. The summed E-state index contributed by atoms with van der Waals surface area (Å²) in [5.41, 5.74) is 0. The molecule has 0 aliphatic carbocycles. The summed E-state index contributed by atoms with van der Waals surface area (Å²) in [4.78, 5) is 11.6. The zero-order chi connectivity index (χ0) is 10.5. The molecular weight excluding hydrogens is 212 g/mol. The monoisotopic (exact) mass is 221 g/mol. The Morgan fingerprint density at radius 2 is 2.53 bits per heavy atom. The van der Waals surface area contributed by atoms with Crippen molar-refractivity contribution >= 4 is 17.6 Å². The van der Waals surface area contributed by atoms with Gasteiger partial charge >= 0.3 is 0 Å². The largest absolute Gasteiger partial charge is 0.488 e. The topological polar surface area (TPSA) is 35.5 Å². The van der Waals surface area contributed by atoms with Crippen molar-refractivity contribution < 1.29 is 14.3 Å². The van der Waals surface area contributed by atoms with Crippen LogP contribution in [0.5, 0.6) is 0 Å². The van der Waals surface area contributed by atoms with Crippen molar-refractivity contribution in [3.8, 4) is 0 Å². The van der Waals surface area contributed by atoms with Crippen LogP contribution < -0.4 is 0 Å². The molecule has 0 fully saturated rings. The molecule has 0 spiro atoms. The van der Waals surface area contributed by atoms with Gasteiger partial charge in [0.05, 0.1) is 6.26 Å². The van der Waals surface area contributed by atoms with Crippen LogP contribution in [0.25, 0.3) is 0 Å². The minimum absolute atomic E-state index is 0.457. The lowest BCUT2D eigenvalue weighted by Gasteiger charge is -2.16. The highest BCUT2D eigenvalue weighted by Crippen LogP contribution is 2.17. The van der Waals surface area contributed by atoms with E-state index in [0.29, 0.717) is 12.4 Å². The number of carbonyl (C=O) groups excluding carboxylic acids is 1. The third-order valence-corrected chi connectivity index (χ3v) is 2.73. The summed E-state index contributed by atoms with van der Waals surface area (Å²) in [6.45, 7) is 0.457. The van der Waals surface area contributed by atoms with Gasteiger partial charge < -0.3 is 9.47 Å². The SMILES string of the molecule is O=[C]C1OC=CC=C1OCc1cccs1. The molecule has 2 heterocycles. The van der Waals surface area contributed by atoms with Gasteiger partial charge in [0.2, 0.25) is 6.10 Å². The van der Waals surface area contributed by atoms with Gasteiger partial charge in [-0.1, -0.05) is 6.07 Å². The summed E-state index contributed by atoms with van der Waals surface area (Å²) in [6, 6.07) is 3.93. The van der Waals surface area contributed by atoms with E-state index in [1.807, 2.05) is 17.5 Å². The first-order chi connectivity index (χ1) is 7.40. The van der Waals surface area contributed by atoms with Gasteiger partial charge in [0.1, 0.15) is 12.4 Å². The van der Waals surface area contributed by atoms with Gasteiger partial charge in [-0.25, -0.2) is 0 Å². The number of allylic oxidation sites excluding steroid dienone is 2. The Kier molecular flexibility index (Phi) is 3.19. The number of thiophene rings is 1. The molecule has 1 aliphatic heterocycles. The van der Waals surface area contributed by atoms with E-state index in [2.05, 4.69) is 0 Å². The van der Waals surface area contributed by atoms with E-state index in [9.17, 15) is 4.79 Å². The van der Waals surface area contributed by atoms with E-state index in [1.165, 1.54) is 6.26 Å². The zero-order valence-corrected chi connectivity index (χ0v) is 8.70. The summed E-state index contributed by atoms with van der Waals surface area (Å²) in [6.07, 6.45) is 5.90. The molecule has 0 saturated carbocycles. The third kappa shape index (κ3) is 2.47. The average molecular weight is 221 g/mol. The van der Waals surface area contributed by atoms with Crippen molar-refractivity contribution in [2.75, 3.05) is 0 Å². The molecule has 0 saturated heterocycles. The van der Waals surface area contributed by atoms with Crippen LogP contribution in [0, 0.1) is 0 Å². The molecule has 1 atom stereocenters. The molecule has 1 aromatic heterocycles. The van der Waals surface area contributed by atoms with Gasteiger partial charge in [0.25, 0.3) is 6.29 Å². The lowest BCUT2D eigenvalue weighted by atomic mass is 10.2. The highest BCUT2D eigenvalue weighted by Gasteiger charge is 2.18. The van der Waals surface area contributed by atoms with E-state index in [0.717, 1.165) is 4.88 Å². The second kappa shape index (κ2) is 4.79. The molecule has 1 unspecified atom stereocenters.